The van der Waals surface area contributed by atoms with Crippen molar-refractivity contribution in [2.24, 2.45) is 0 Å². The number of benzene rings is 6. The van der Waals surface area contributed by atoms with E-state index in [1.54, 1.807) is 0 Å². The normalized spacial score (nSPS) is 11.8. The molecular weight excluding hydrogens is 520 g/mol. The molecule has 0 aliphatic heterocycles. The molecule has 0 aliphatic carbocycles. The number of hydrogen-bond acceptors (Lipinski definition) is 4. The first-order chi connectivity index (χ1) is 20.4. The molecule has 6 aromatic carbocycles. The van der Waals surface area contributed by atoms with Gasteiger partial charge in [0.15, 0.2) is 0 Å². The van der Waals surface area contributed by atoms with E-state index >= 15 is 0 Å². The summed E-state index contributed by atoms with van der Waals surface area (Å²) in [6.07, 6.45) is 0. The van der Waals surface area contributed by atoms with Crippen molar-refractivity contribution in [3.63, 3.8) is 0 Å². The summed E-state index contributed by atoms with van der Waals surface area (Å²) in [5, 5.41) is 7.71. The fraction of sp³-hybridized carbons (Fsp3) is 0.0526. The molecule has 4 nitrogen and oxygen atoms in total. The van der Waals surface area contributed by atoms with Gasteiger partial charge in [-0.2, -0.15) is 0 Å². The van der Waals surface area contributed by atoms with Gasteiger partial charge in [-0.15, -0.1) is 0 Å². The third-order valence-electron chi connectivity index (χ3n) is 8.28. The molecule has 200 valence electrons. The van der Waals surface area contributed by atoms with Crippen LogP contribution in [-0.4, -0.2) is 0 Å². The molecule has 2 aromatic heterocycles. The molecule has 2 heterocycles. The first kappa shape index (κ1) is 24.3. The van der Waals surface area contributed by atoms with Crippen LogP contribution in [0.15, 0.2) is 128 Å². The number of rotatable bonds is 2. The maximum atomic E-state index is 13.3. The molecule has 0 spiro atoms. The molecular formula is C38H24O4. The van der Waals surface area contributed by atoms with Crippen molar-refractivity contribution in [3.05, 3.63) is 141 Å². The molecule has 4 heteroatoms. The van der Waals surface area contributed by atoms with Crippen molar-refractivity contribution in [3.8, 4) is 22.3 Å². The van der Waals surface area contributed by atoms with Gasteiger partial charge in [0, 0.05) is 10.8 Å². The van der Waals surface area contributed by atoms with Crippen LogP contribution in [0.3, 0.4) is 0 Å². The lowest BCUT2D eigenvalue weighted by Gasteiger charge is -2.12. The Hall–Kier alpha value is -5.48. The monoisotopic (exact) mass is 544 g/mol. The van der Waals surface area contributed by atoms with Crippen LogP contribution in [0.1, 0.15) is 11.1 Å². The maximum Gasteiger partial charge on any atom is 0.344 e. The first-order valence-corrected chi connectivity index (χ1v) is 13.9. The van der Waals surface area contributed by atoms with Gasteiger partial charge in [0.2, 0.25) is 0 Å². The molecule has 8 rings (SSSR count). The van der Waals surface area contributed by atoms with Gasteiger partial charge in [0.25, 0.3) is 0 Å². The summed E-state index contributed by atoms with van der Waals surface area (Å²) in [5.74, 6) is 0. The van der Waals surface area contributed by atoms with Gasteiger partial charge in [-0.05, 0) is 81.6 Å². The van der Waals surface area contributed by atoms with Gasteiger partial charge in [-0.25, -0.2) is 9.59 Å². The zero-order valence-electron chi connectivity index (χ0n) is 23.0. The van der Waals surface area contributed by atoms with Gasteiger partial charge in [-0.3, -0.25) is 0 Å². The molecule has 0 fully saturated rings. The lowest BCUT2D eigenvalue weighted by molar-refractivity contribution is 0.563. The van der Waals surface area contributed by atoms with Gasteiger partial charge in [0.05, 0.1) is 11.1 Å². The van der Waals surface area contributed by atoms with Crippen LogP contribution >= 0.6 is 0 Å². The van der Waals surface area contributed by atoms with E-state index in [4.69, 9.17) is 8.83 Å². The van der Waals surface area contributed by atoms with Crippen LogP contribution in [-0.2, 0) is 0 Å². The zero-order chi connectivity index (χ0) is 28.5. The number of aryl methyl sites for hydroxylation is 2. The summed E-state index contributed by atoms with van der Waals surface area (Å²) >= 11 is 0. The van der Waals surface area contributed by atoms with E-state index < -0.39 is 11.3 Å². The van der Waals surface area contributed by atoms with Crippen LogP contribution in [0.25, 0.3) is 76.5 Å². The molecule has 0 amide bonds. The SMILES string of the molecule is Cc1ccc2c(ccc3oc(=O)c(-c4cccc5c(-c6cc7c(ccc8cc(C)ccc87)oc6=O)cccc45)cc32)c1. The Morgan fingerprint density at radius 2 is 0.857 bits per heavy atom. The smallest absolute Gasteiger partial charge is 0.344 e. The topological polar surface area (TPSA) is 60.4 Å². The average molecular weight is 545 g/mol. The molecule has 0 aliphatic rings. The highest BCUT2D eigenvalue weighted by Gasteiger charge is 2.17. The summed E-state index contributed by atoms with van der Waals surface area (Å²) in [6.45, 7) is 4.13. The second-order valence-corrected chi connectivity index (χ2v) is 11.0. The van der Waals surface area contributed by atoms with E-state index in [0.29, 0.717) is 22.3 Å². The Balaban J connectivity index is 1.38. The van der Waals surface area contributed by atoms with Crippen LogP contribution in [0.4, 0.5) is 0 Å². The standard InChI is InChI=1S/C38H24O4/c1-21-9-13-25-23(17-21)11-15-35-31(25)19-33(37(39)41-35)29-7-3-6-28-27(29)5-4-8-30(28)34-20-32-26-14-10-22(2)18-24(26)12-16-36(32)42-38(34)40/h3-20H,1-2H3. The predicted octanol–water partition coefficient (Wildman–Crippen LogP) is 9.31. The summed E-state index contributed by atoms with van der Waals surface area (Å²) in [5.41, 5.74) is 5.09. The molecule has 0 bridgehead atoms. The molecule has 0 saturated heterocycles. The second-order valence-electron chi connectivity index (χ2n) is 11.0. The van der Waals surface area contributed by atoms with Crippen LogP contribution in [0.2, 0.25) is 0 Å². The Morgan fingerprint density at radius 3 is 1.31 bits per heavy atom. The molecule has 0 unspecified atom stereocenters. The number of hydrogen-bond donors (Lipinski definition) is 0. The van der Waals surface area contributed by atoms with Gasteiger partial charge < -0.3 is 8.83 Å². The second kappa shape index (κ2) is 9.02. The third kappa shape index (κ3) is 3.69. The van der Waals surface area contributed by atoms with Crippen LogP contribution in [0.5, 0.6) is 0 Å². The quantitative estimate of drug-likeness (QED) is 0.161. The minimum absolute atomic E-state index is 0.404. The van der Waals surface area contributed by atoms with Crippen LogP contribution < -0.4 is 11.3 Å². The molecule has 42 heavy (non-hydrogen) atoms. The van der Waals surface area contributed by atoms with Crippen molar-refractivity contribution >= 4 is 54.3 Å². The third-order valence-corrected chi connectivity index (χ3v) is 8.28. The minimum Gasteiger partial charge on any atom is -0.422 e. The lowest BCUT2D eigenvalue weighted by atomic mass is 9.92. The van der Waals surface area contributed by atoms with E-state index in [2.05, 4.69) is 50.2 Å². The zero-order valence-corrected chi connectivity index (χ0v) is 23.0. The Kier molecular flexibility index (Phi) is 5.22. The summed E-state index contributed by atoms with van der Waals surface area (Å²) in [7, 11) is 0. The maximum absolute atomic E-state index is 13.3. The fourth-order valence-electron chi connectivity index (χ4n) is 6.25. The fourth-order valence-corrected chi connectivity index (χ4v) is 6.25. The number of fused-ring (bicyclic) bond motifs is 7. The van der Waals surface area contributed by atoms with Crippen molar-refractivity contribution in [1.82, 2.24) is 0 Å². The highest BCUT2D eigenvalue weighted by molar-refractivity contribution is 6.11. The highest BCUT2D eigenvalue weighted by atomic mass is 16.4. The largest absolute Gasteiger partial charge is 0.422 e. The van der Waals surface area contributed by atoms with Crippen molar-refractivity contribution in [2.75, 3.05) is 0 Å². The average Bonchev–Trinajstić information content (AvgIpc) is 2.99. The van der Waals surface area contributed by atoms with E-state index in [-0.39, 0.29) is 0 Å². The summed E-state index contributed by atoms with van der Waals surface area (Å²) in [4.78, 5) is 26.7. The first-order valence-electron chi connectivity index (χ1n) is 13.9. The van der Waals surface area contributed by atoms with Gasteiger partial charge in [0.1, 0.15) is 11.2 Å². The summed E-state index contributed by atoms with van der Waals surface area (Å²) in [6, 6.07) is 35.7. The minimum atomic E-state index is -0.404. The lowest BCUT2D eigenvalue weighted by Crippen LogP contribution is -2.05. The van der Waals surface area contributed by atoms with Gasteiger partial charge >= 0.3 is 11.3 Å². The molecule has 0 N–H and O–H groups in total. The van der Waals surface area contributed by atoms with E-state index in [9.17, 15) is 9.59 Å². The van der Waals surface area contributed by atoms with Crippen molar-refractivity contribution in [1.29, 1.82) is 0 Å². The molecule has 0 saturated carbocycles. The van der Waals surface area contributed by atoms with Crippen LogP contribution in [0, 0.1) is 13.8 Å². The van der Waals surface area contributed by atoms with E-state index in [0.717, 1.165) is 54.2 Å². The molecule has 8 aromatic rings. The van der Waals surface area contributed by atoms with Crippen molar-refractivity contribution < 1.29 is 8.83 Å². The van der Waals surface area contributed by atoms with Gasteiger partial charge in [-0.1, -0.05) is 96.1 Å². The summed E-state index contributed by atoms with van der Waals surface area (Å²) < 4.78 is 11.7. The predicted molar refractivity (Wildman–Crippen MR) is 171 cm³/mol. The molecule has 0 atom stereocenters. The van der Waals surface area contributed by atoms with Crippen molar-refractivity contribution in [2.45, 2.75) is 13.8 Å². The Morgan fingerprint density at radius 1 is 0.405 bits per heavy atom. The Bertz CT molecular complexity index is 2350. The Labute approximate surface area is 240 Å². The molecule has 0 radical (unpaired) electrons. The van der Waals surface area contributed by atoms with E-state index in [1.165, 1.54) is 11.1 Å². The van der Waals surface area contributed by atoms with E-state index in [1.807, 2.05) is 72.8 Å². The highest BCUT2D eigenvalue weighted by Crippen LogP contribution is 2.36.